The number of hydrogen-bond donors (Lipinski definition) is 2. The summed E-state index contributed by atoms with van der Waals surface area (Å²) in [7, 11) is 1.84. The number of nitrogens with zero attached hydrogens (tertiary/aromatic N) is 1. The number of carbonyl (C=O) groups excluding carboxylic acids is 2. The van der Waals surface area contributed by atoms with Crippen molar-refractivity contribution in [1.29, 1.82) is 0 Å². The second kappa shape index (κ2) is 8.01. The van der Waals surface area contributed by atoms with Crippen molar-refractivity contribution in [3.05, 3.63) is 65.2 Å². The van der Waals surface area contributed by atoms with E-state index in [2.05, 4.69) is 5.32 Å². The number of primary amides is 1. The van der Waals surface area contributed by atoms with Crippen molar-refractivity contribution in [3.63, 3.8) is 0 Å². The summed E-state index contributed by atoms with van der Waals surface area (Å²) >= 11 is 0. The van der Waals surface area contributed by atoms with Crippen LogP contribution >= 0.6 is 0 Å². The molecular formula is C20H23N3O3. The lowest BCUT2D eigenvalue weighted by atomic mass is 10.1. The second-order valence-corrected chi connectivity index (χ2v) is 6.41. The first-order valence-electron chi connectivity index (χ1n) is 8.64. The fourth-order valence-electron chi connectivity index (χ4n) is 3.09. The molecule has 0 spiro atoms. The van der Waals surface area contributed by atoms with Gasteiger partial charge in [-0.05, 0) is 42.8 Å². The molecule has 0 saturated carbocycles. The number of benzene rings is 2. The van der Waals surface area contributed by atoms with E-state index < -0.39 is 5.91 Å². The third kappa shape index (κ3) is 4.03. The molecule has 2 amide bonds. The Balaban J connectivity index is 1.70. The van der Waals surface area contributed by atoms with Crippen molar-refractivity contribution in [2.75, 3.05) is 20.1 Å². The third-order valence-electron chi connectivity index (χ3n) is 4.62. The van der Waals surface area contributed by atoms with Crippen LogP contribution < -0.4 is 15.8 Å². The van der Waals surface area contributed by atoms with Gasteiger partial charge in [-0.25, -0.2) is 0 Å². The Bertz CT molecular complexity index is 800. The summed E-state index contributed by atoms with van der Waals surface area (Å²) in [5, 5.41) is 3.27. The SMILES string of the molecule is CN(C(=O)c1cccc(COc2ccccc2C(N)=O)c1)C1CCNC1. The fourth-order valence-corrected chi connectivity index (χ4v) is 3.09. The molecule has 1 fully saturated rings. The van der Waals surface area contributed by atoms with Gasteiger partial charge in [-0.1, -0.05) is 24.3 Å². The standard InChI is InChI=1S/C20H23N3O3/c1-23(16-9-10-22-12-16)20(25)15-6-4-5-14(11-15)13-26-18-8-3-2-7-17(18)19(21)24/h2-8,11,16,22H,9-10,12-13H2,1H3,(H2,21,24). The highest BCUT2D eigenvalue weighted by molar-refractivity contribution is 5.95. The third-order valence-corrected chi connectivity index (χ3v) is 4.62. The van der Waals surface area contributed by atoms with Gasteiger partial charge in [0, 0.05) is 25.2 Å². The zero-order chi connectivity index (χ0) is 18.5. The van der Waals surface area contributed by atoms with Crippen molar-refractivity contribution in [2.24, 2.45) is 5.73 Å². The second-order valence-electron chi connectivity index (χ2n) is 6.41. The predicted molar refractivity (Wildman–Crippen MR) is 99.1 cm³/mol. The number of para-hydroxylation sites is 1. The van der Waals surface area contributed by atoms with E-state index in [0.29, 0.717) is 16.9 Å². The number of likely N-dealkylation sites (N-methyl/N-ethyl adjacent to an activating group) is 1. The molecule has 0 aromatic heterocycles. The van der Waals surface area contributed by atoms with Crippen LogP contribution in [0, 0.1) is 0 Å². The largest absolute Gasteiger partial charge is 0.488 e. The summed E-state index contributed by atoms with van der Waals surface area (Å²) in [6, 6.07) is 14.4. The zero-order valence-electron chi connectivity index (χ0n) is 14.8. The van der Waals surface area contributed by atoms with Gasteiger partial charge in [0.15, 0.2) is 0 Å². The van der Waals surface area contributed by atoms with Gasteiger partial charge in [0.05, 0.1) is 5.56 Å². The van der Waals surface area contributed by atoms with E-state index >= 15 is 0 Å². The Morgan fingerprint density at radius 3 is 2.77 bits per heavy atom. The highest BCUT2D eigenvalue weighted by Crippen LogP contribution is 2.19. The lowest BCUT2D eigenvalue weighted by molar-refractivity contribution is 0.0743. The monoisotopic (exact) mass is 353 g/mol. The average molecular weight is 353 g/mol. The number of ether oxygens (including phenoxy) is 1. The van der Waals surface area contributed by atoms with Crippen LogP contribution in [0.5, 0.6) is 5.75 Å². The Labute approximate surface area is 152 Å². The molecule has 0 radical (unpaired) electrons. The van der Waals surface area contributed by atoms with Crippen molar-refractivity contribution >= 4 is 11.8 Å². The van der Waals surface area contributed by atoms with Gasteiger partial charge in [-0.3, -0.25) is 9.59 Å². The van der Waals surface area contributed by atoms with Gasteiger partial charge in [0.1, 0.15) is 12.4 Å². The molecule has 0 aliphatic carbocycles. The predicted octanol–water partition coefficient (Wildman–Crippen LogP) is 1.80. The van der Waals surface area contributed by atoms with E-state index in [-0.39, 0.29) is 18.6 Å². The molecule has 1 aliphatic heterocycles. The maximum absolute atomic E-state index is 12.7. The highest BCUT2D eigenvalue weighted by Gasteiger charge is 2.24. The summed E-state index contributed by atoms with van der Waals surface area (Å²) in [5.41, 5.74) is 7.19. The lowest BCUT2D eigenvalue weighted by Crippen LogP contribution is -2.38. The topological polar surface area (TPSA) is 84.7 Å². The molecule has 1 heterocycles. The first-order valence-corrected chi connectivity index (χ1v) is 8.64. The first kappa shape index (κ1) is 17.9. The number of nitrogens with one attached hydrogen (secondary N) is 1. The molecule has 26 heavy (non-hydrogen) atoms. The van der Waals surface area contributed by atoms with Crippen LogP contribution in [0.15, 0.2) is 48.5 Å². The van der Waals surface area contributed by atoms with Gasteiger partial charge >= 0.3 is 0 Å². The van der Waals surface area contributed by atoms with Gasteiger partial charge < -0.3 is 20.7 Å². The molecule has 1 saturated heterocycles. The lowest BCUT2D eigenvalue weighted by Gasteiger charge is -2.24. The van der Waals surface area contributed by atoms with Crippen molar-refractivity contribution in [3.8, 4) is 5.75 Å². The number of hydrogen-bond acceptors (Lipinski definition) is 4. The summed E-state index contributed by atoms with van der Waals surface area (Å²) in [6.07, 6.45) is 0.967. The molecule has 6 heteroatoms. The van der Waals surface area contributed by atoms with Crippen LogP contribution in [0.1, 0.15) is 32.7 Å². The molecular weight excluding hydrogens is 330 g/mol. The van der Waals surface area contributed by atoms with Crippen molar-refractivity contribution in [2.45, 2.75) is 19.1 Å². The van der Waals surface area contributed by atoms with E-state index in [1.54, 1.807) is 29.2 Å². The van der Waals surface area contributed by atoms with E-state index in [4.69, 9.17) is 10.5 Å². The minimum Gasteiger partial charge on any atom is -0.488 e. The van der Waals surface area contributed by atoms with Crippen LogP contribution in [-0.4, -0.2) is 42.9 Å². The molecule has 3 rings (SSSR count). The fraction of sp³-hybridized carbons (Fsp3) is 0.300. The summed E-state index contributed by atoms with van der Waals surface area (Å²) in [4.78, 5) is 26.0. The van der Waals surface area contributed by atoms with Gasteiger partial charge in [-0.2, -0.15) is 0 Å². The quantitative estimate of drug-likeness (QED) is 0.829. The summed E-state index contributed by atoms with van der Waals surface area (Å²) < 4.78 is 5.74. The summed E-state index contributed by atoms with van der Waals surface area (Å²) in [5.74, 6) is -0.0970. The van der Waals surface area contributed by atoms with Crippen LogP contribution in [0.25, 0.3) is 0 Å². The Morgan fingerprint density at radius 1 is 1.23 bits per heavy atom. The first-order chi connectivity index (χ1) is 12.6. The van der Waals surface area contributed by atoms with Gasteiger partial charge in [0.2, 0.25) is 0 Å². The summed E-state index contributed by atoms with van der Waals surface area (Å²) in [6.45, 7) is 2.02. The minimum absolute atomic E-state index is 0.00177. The smallest absolute Gasteiger partial charge is 0.253 e. The number of rotatable bonds is 6. The maximum Gasteiger partial charge on any atom is 0.253 e. The molecule has 3 N–H and O–H groups in total. The molecule has 6 nitrogen and oxygen atoms in total. The van der Waals surface area contributed by atoms with Gasteiger partial charge in [0.25, 0.3) is 11.8 Å². The Kier molecular flexibility index (Phi) is 5.53. The molecule has 0 bridgehead atoms. The van der Waals surface area contributed by atoms with E-state index in [1.165, 1.54) is 0 Å². The molecule has 1 unspecified atom stereocenters. The normalized spacial score (nSPS) is 16.3. The molecule has 2 aromatic rings. The molecule has 1 atom stereocenters. The van der Waals surface area contributed by atoms with E-state index in [9.17, 15) is 9.59 Å². The van der Waals surface area contributed by atoms with Crippen LogP contribution in [-0.2, 0) is 6.61 Å². The van der Waals surface area contributed by atoms with Crippen molar-refractivity contribution < 1.29 is 14.3 Å². The van der Waals surface area contributed by atoms with Gasteiger partial charge in [-0.15, -0.1) is 0 Å². The van der Waals surface area contributed by atoms with Crippen molar-refractivity contribution in [1.82, 2.24) is 10.2 Å². The maximum atomic E-state index is 12.7. The minimum atomic E-state index is -0.531. The number of nitrogens with two attached hydrogens (primary N) is 1. The van der Waals surface area contributed by atoms with Crippen LogP contribution in [0.3, 0.4) is 0 Å². The zero-order valence-corrected chi connectivity index (χ0v) is 14.8. The molecule has 2 aromatic carbocycles. The Hall–Kier alpha value is -2.86. The van der Waals surface area contributed by atoms with E-state index in [0.717, 1.165) is 25.1 Å². The number of carbonyl (C=O) groups is 2. The van der Waals surface area contributed by atoms with Crippen LogP contribution in [0.2, 0.25) is 0 Å². The number of amides is 2. The highest BCUT2D eigenvalue weighted by atomic mass is 16.5. The Morgan fingerprint density at radius 2 is 2.04 bits per heavy atom. The molecule has 1 aliphatic rings. The van der Waals surface area contributed by atoms with E-state index in [1.807, 2.05) is 31.3 Å². The molecule has 136 valence electrons. The van der Waals surface area contributed by atoms with Crippen LogP contribution in [0.4, 0.5) is 0 Å². The average Bonchev–Trinajstić information content (AvgIpc) is 3.20.